The summed E-state index contributed by atoms with van der Waals surface area (Å²) in [6.45, 7) is 11.0. The second-order valence-corrected chi connectivity index (χ2v) is 7.70. The van der Waals surface area contributed by atoms with Crippen LogP contribution in [0.5, 0.6) is 0 Å². The Morgan fingerprint density at radius 1 is 1.29 bits per heavy atom. The summed E-state index contributed by atoms with van der Waals surface area (Å²) >= 11 is 0. The number of piperidine rings is 1. The fourth-order valence-corrected chi connectivity index (χ4v) is 4.25. The molecule has 2 fully saturated rings. The minimum Gasteiger partial charge on any atom is -0.338 e. The van der Waals surface area contributed by atoms with Crippen molar-refractivity contribution in [3.8, 4) is 0 Å². The molecule has 2 aliphatic heterocycles. The van der Waals surface area contributed by atoms with Crippen molar-refractivity contribution >= 4 is 5.91 Å². The number of rotatable bonds is 4. The molecule has 2 aliphatic rings. The lowest BCUT2D eigenvalue weighted by Gasteiger charge is -2.39. The Labute approximate surface area is 146 Å². The predicted octanol–water partition coefficient (Wildman–Crippen LogP) is 3.78. The van der Waals surface area contributed by atoms with E-state index < -0.39 is 0 Å². The van der Waals surface area contributed by atoms with E-state index in [9.17, 15) is 4.79 Å². The molecule has 0 aliphatic carbocycles. The van der Waals surface area contributed by atoms with E-state index in [2.05, 4.69) is 60.9 Å². The maximum absolute atomic E-state index is 13.2. The minimum absolute atomic E-state index is 0.129. The molecular weight excluding hydrogens is 296 g/mol. The number of hydrogen-bond donors (Lipinski definition) is 0. The molecule has 3 nitrogen and oxygen atoms in total. The van der Waals surface area contributed by atoms with Crippen LogP contribution in [0.4, 0.5) is 0 Å². The van der Waals surface area contributed by atoms with Crippen molar-refractivity contribution in [2.75, 3.05) is 26.2 Å². The molecule has 1 spiro atoms. The maximum Gasteiger partial charge on any atom is 0.230 e. The summed E-state index contributed by atoms with van der Waals surface area (Å²) in [4.78, 5) is 17.8. The Morgan fingerprint density at radius 2 is 2.12 bits per heavy atom. The van der Waals surface area contributed by atoms with E-state index in [1.54, 1.807) is 0 Å². The Morgan fingerprint density at radius 3 is 2.88 bits per heavy atom. The highest BCUT2D eigenvalue weighted by Crippen LogP contribution is 2.40. The van der Waals surface area contributed by atoms with Crippen LogP contribution >= 0.6 is 0 Å². The Balaban J connectivity index is 1.69. The molecule has 1 unspecified atom stereocenters. The molecule has 24 heavy (non-hydrogen) atoms. The van der Waals surface area contributed by atoms with Crippen molar-refractivity contribution in [1.29, 1.82) is 0 Å². The molecule has 0 bridgehead atoms. The van der Waals surface area contributed by atoms with Gasteiger partial charge in [0.2, 0.25) is 5.91 Å². The topological polar surface area (TPSA) is 23.6 Å². The van der Waals surface area contributed by atoms with Gasteiger partial charge in [-0.1, -0.05) is 41.5 Å². The summed E-state index contributed by atoms with van der Waals surface area (Å²) in [6, 6.07) is 8.54. The van der Waals surface area contributed by atoms with E-state index in [1.807, 2.05) is 0 Å². The zero-order chi connectivity index (χ0) is 17.2. The minimum atomic E-state index is -0.129. The van der Waals surface area contributed by atoms with Gasteiger partial charge in [-0.05, 0) is 52.1 Å². The molecule has 3 heteroatoms. The third-order valence-corrected chi connectivity index (χ3v) is 5.68. The highest BCUT2D eigenvalue weighted by Gasteiger charge is 2.48. The average molecular weight is 326 g/mol. The molecule has 0 N–H and O–H groups in total. The number of nitrogens with zero attached hydrogens (tertiary/aromatic N) is 2. The predicted molar refractivity (Wildman–Crippen MR) is 98.8 cm³/mol. The molecule has 1 atom stereocenters. The zero-order valence-electron chi connectivity index (χ0n) is 15.3. The van der Waals surface area contributed by atoms with Crippen LogP contribution in [-0.4, -0.2) is 41.9 Å². The van der Waals surface area contributed by atoms with Crippen LogP contribution < -0.4 is 0 Å². The second kappa shape index (κ2) is 7.10. The van der Waals surface area contributed by atoms with Crippen molar-refractivity contribution in [2.24, 2.45) is 5.41 Å². The molecule has 130 valence electrons. The number of likely N-dealkylation sites (tertiary alicyclic amines) is 2. The average Bonchev–Trinajstić information content (AvgIpc) is 2.96. The number of carbonyl (C=O) groups excluding carboxylic acids is 1. The quantitative estimate of drug-likeness (QED) is 0.786. The fraction of sp³-hybridized carbons (Fsp3) is 0.571. The molecule has 1 amide bonds. The molecular formula is C21H30N2O. The van der Waals surface area contributed by atoms with Gasteiger partial charge in [0.1, 0.15) is 0 Å². The van der Waals surface area contributed by atoms with E-state index in [0.29, 0.717) is 5.91 Å². The van der Waals surface area contributed by atoms with Crippen molar-refractivity contribution in [3.05, 3.63) is 47.0 Å². The lowest BCUT2D eigenvalue weighted by atomic mass is 9.78. The lowest BCUT2D eigenvalue weighted by molar-refractivity contribution is -0.146. The normalized spacial score (nSPS) is 25.7. The summed E-state index contributed by atoms with van der Waals surface area (Å²) in [7, 11) is 0. The van der Waals surface area contributed by atoms with Gasteiger partial charge >= 0.3 is 0 Å². The summed E-state index contributed by atoms with van der Waals surface area (Å²) in [5, 5.41) is 0. The van der Waals surface area contributed by atoms with Gasteiger partial charge in [-0.15, -0.1) is 0 Å². The first-order valence-corrected chi connectivity index (χ1v) is 9.21. The third kappa shape index (κ3) is 3.56. The van der Waals surface area contributed by atoms with Crippen LogP contribution in [0.3, 0.4) is 0 Å². The largest absolute Gasteiger partial charge is 0.338 e. The summed E-state index contributed by atoms with van der Waals surface area (Å²) in [5.41, 5.74) is 3.78. The number of hydrogen-bond acceptors (Lipinski definition) is 2. The van der Waals surface area contributed by atoms with Crippen LogP contribution in [0, 0.1) is 12.3 Å². The molecule has 1 aromatic rings. The Hall–Kier alpha value is -1.61. The standard InChI is InChI=1S/C21H30N2O/c1-4-17(2)14-22-12-10-21(16-22)9-6-11-23(20(21)24)15-19-8-5-7-18(3)13-19/h4-5,7-8,13H,6,9-12,14-16H2,1-3H3. The van der Waals surface area contributed by atoms with Crippen molar-refractivity contribution in [3.63, 3.8) is 0 Å². The number of allylic oxidation sites excluding steroid dienone is 1. The molecule has 1 aromatic carbocycles. The van der Waals surface area contributed by atoms with Gasteiger partial charge in [0, 0.05) is 26.2 Å². The SMILES string of the molecule is CC=C(C)CN1CCC2(CCCN(Cc3cccc(C)c3)C2=O)C1. The van der Waals surface area contributed by atoms with Crippen molar-refractivity contribution < 1.29 is 4.79 Å². The van der Waals surface area contributed by atoms with Crippen LogP contribution in [0.1, 0.15) is 44.2 Å². The summed E-state index contributed by atoms with van der Waals surface area (Å²) in [6.07, 6.45) is 5.39. The zero-order valence-corrected chi connectivity index (χ0v) is 15.3. The number of amides is 1. The van der Waals surface area contributed by atoms with Gasteiger partial charge in [0.25, 0.3) is 0 Å². The van der Waals surface area contributed by atoms with E-state index in [4.69, 9.17) is 0 Å². The molecule has 0 aromatic heterocycles. The smallest absolute Gasteiger partial charge is 0.230 e. The van der Waals surface area contributed by atoms with Crippen LogP contribution in [0.2, 0.25) is 0 Å². The summed E-state index contributed by atoms with van der Waals surface area (Å²) in [5.74, 6) is 0.385. The highest BCUT2D eigenvalue weighted by molar-refractivity contribution is 5.84. The lowest BCUT2D eigenvalue weighted by Crippen LogP contribution is -2.49. The highest BCUT2D eigenvalue weighted by atomic mass is 16.2. The number of carbonyl (C=O) groups is 1. The van der Waals surface area contributed by atoms with Gasteiger partial charge in [0.05, 0.1) is 5.41 Å². The van der Waals surface area contributed by atoms with Crippen molar-refractivity contribution in [1.82, 2.24) is 9.80 Å². The second-order valence-electron chi connectivity index (χ2n) is 7.70. The first-order chi connectivity index (χ1) is 11.5. The van der Waals surface area contributed by atoms with Crippen LogP contribution in [-0.2, 0) is 11.3 Å². The van der Waals surface area contributed by atoms with Crippen molar-refractivity contribution in [2.45, 2.75) is 46.6 Å². The van der Waals surface area contributed by atoms with Gasteiger partial charge in [-0.3, -0.25) is 9.69 Å². The molecule has 0 radical (unpaired) electrons. The van der Waals surface area contributed by atoms with Crippen LogP contribution in [0.25, 0.3) is 0 Å². The molecule has 2 saturated heterocycles. The van der Waals surface area contributed by atoms with Gasteiger partial charge in [-0.2, -0.15) is 0 Å². The Bertz CT molecular complexity index is 636. The van der Waals surface area contributed by atoms with Crippen LogP contribution in [0.15, 0.2) is 35.9 Å². The van der Waals surface area contributed by atoms with Gasteiger partial charge in [0.15, 0.2) is 0 Å². The molecule has 0 saturated carbocycles. The molecule has 3 rings (SSSR count). The number of benzene rings is 1. The molecule has 2 heterocycles. The van der Waals surface area contributed by atoms with E-state index in [1.165, 1.54) is 16.7 Å². The van der Waals surface area contributed by atoms with E-state index in [-0.39, 0.29) is 5.41 Å². The Kier molecular flexibility index (Phi) is 5.09. The fourth-order valence-electron chi connectivity index (χ4n) is 4.25. The monoisotopic (exact) mass is 326 g/mol. The first kappa shape index (κ1) is 17.2. The van der Waals surface area contributed by atoms with E-state index >= 15 is 0 Å². The summed E-state index contributed by atoms with van der Waals surface area (Å²) < 4.78 is 0. The maximum atomic E-state index is 13.2. The first-order valence-electron chi connectivity index (χ1n) is 9.21. The third-order valence-electron chi connectivity index (χ3n) is 5.68. The van der Waals surface area contributed by atoms with Gasteiger partial charge in [-0.25, -0.2) is 0 Å². The van der Waals surface area contributed by atoms with Gasteiger partial charge < -0.3 is 4.90 Å². The number of aryl methyl sites for hydroxylation is 1. The van der Waals surface area contributed by atoms with E-state index in [0.717, 1.165) is 52.0 Å².